The van der Waals surface area contributed by atoms with Crippen molar-refractivity contribution in [3.05, 3.63) is 0 Å². The topological polar surface area (TPSA) is 37.0 Å². The highest BCUT2D eigenvalue weighted by Crippen LogP contribution is 1.96. The van der Waals surface area contributed by atoms with E-state index in [4.69, 9.17) is 0 Å². The van der Waals surface area contributed by atoms with Crippen LogP contribution in [0.3, 0.4) is 0 Å². The summed E-state index contributed by atoms with van der Waals surface area (Å²) < 4.78 is 0. The molecule has 0 aromatic heterocycles. The van der Waals surface area contributed by atoms with Crippen LogP contribution >= 0.6 is 0 Å². The van der Waals surface area contributed by atoms with Crippen molar-refractivity contribution in [2.24, 2.45) is 0 Å². The third-order valence-corrected chi connectivity index (χ3v) is 1.00. The van der Waals surface area contributed by atoms with Crippen molar-refractivity contribution in [3.8, 4) is 0 Å². The fourth-order valence-corrected chi connectivity index (χ4v) is 0.465. The van der Waals surface area contributed by atoms with Crippen LogP contribution in [0.1, 0.15) is 26.7 Å². The molecule has 0 saturated carbocycles. The quantitative estimate of drug-likeness (QED) is 0.544. The first-order valence-corrected chi connectivity index (χ1v) is 2.84. The molecule has 0 aliphatic carbocycles. The highest BCUT2D eigenvalue weighted by atomic mass is 16.3. The van der Waals surface area contributed by atoms with Gasteiger partial charge in [-0.15, -0.1) is 0 Å². The van der Waals surface area contributed by atoms with Crippen LogP contribution in [0.15, 0.2) is 0 Å². The van der Waals surface area contributed by atoms with Crippen molar-refractivity contribution in [2.75, 3.05) is 0 Å². The van der Waals surface area contributed by atoms with E-state index in [-0.39, 0.29) is 5.78 Å². The third kappa shape index (κ3) is 2.75. The molecule has 47 valence electrons. The number of hydrogen-bond donors (Lipinski definition) is 0. The molecule has 1 radical (unpaired) electrons. The highest BCUT2D eigenvalue weighted by Gasteiger charge is 2.08. The first kappa shape index (κ1) is 7.63. The van der Waals surface area contributed by atoms with Crippen LogP contribution in [-0.2, 0) is 9.90 Å². The van der Waals surface area contributed by atoms with E-state index in [2.05, 4.69) is 0 Å². The molecule has 2 heteroatoms. The fraction of sp³-hybridized carbons (Fsp3) is 0.833. The Hall–Kier alpha value is -0.370. The van der Waals surface area contributed by atoms with Crippen molar-refractivity contribution in [2.45, 2.75) is 32.8 Å². The molecule has 0 spiro atoms. The zero-order valence-electron chi connectivity index (χ0n) is 5.31. The van der Waals surface area contributed by atoms with Crippen LogP contribution < -0.4 is 0 Å². The molecule has 0 rings (SSSR count). The van der Waals surface area contributed by atoms with E-state index >= 15 is 0 Å². The minimum absolute atomic E-state index is 0.244. The van der Waals surface area contributed by atoms with E-state index < -0.39 is 6.10 Å². The van der Waals surface area contributed by atoms with Crippen molar-refractivity contribution < 1.29 is 9.90 Å². The van der Waals surface area contributed by atoms with Crippen molar-refractivity contribution in [3.63, 3.8) is 0 Å². The molecular weight excluding hydrogens is 104 g/mol. The molecule has 1 unspecified atom stereocenters. The first-order chi connectivity index (χ1) is 3.68. The Balaban J connectivity index is 3.32. The standard InChI is InChI=1S/C6H11O2/c1-3-4-6(8)5(2)7/h6H,3-4H2,1-2H3. The number of rotatable bonds is 3. The smallest absolute Gasteiger partial charge is 0.161 e. The Morgan fingerprint density at radius 3 is 2.25 bits per heavy atom. The van der Waals surface area contributed by atoms with Gasteiger partial charge in [0.15, 0.2) is 11.9 Å². The number of carbonyl (C=O) groups is 1. The molecule has 0 bridgehead atoms. The molecule has 2 nitrogen and oxygen atoms in total. The van der Waals surface area contributed by atoms with Crippen LogP contribution in [0.5, 0.6) is 0 Å². The molecule has 0 aromatic carbocycles. The van der Waals surface area contributed by atoms with Gasteiger partial charge in [-0.25, -0.2) is 5.11 Å². The number of hydrogen-bond acceptors (Lipinski definition) is 1. The van der Waals surface area contributed by atoms with E-state index in [1.807, 2.05) is 6.92 Å². The zero-order chi connectivity index (χ0) is 6.57. The summed E-state index contributed by atoms with van der Waals surface area (Å²) in [6.07, 6.45) is 0.309. The summed E-state index contributed by atoms with van der Waals surface area (Å²) in [5.74, 6) is -0.244. The predicted molar refractivity (Wildman–Crippen MR) is 30.1 cm³/mol. The molecule has 0 saturated heterocycles. The largest absolute Gasteiger partial charge is 0.297 e. The Kier molecular flexibility index (Phi) is 3.44. The van der Waals surface area contributed by atoms with E-state index in [1.54, 1.807) is 0 Å². The summed E-state index contributed by atoms with van der Waals surface area (Å²) in [5.41, 5.74) is 0. The molecule has 0 heterocycles. The normalized spacial score (nSPS) is 13.4. The molecule has 0 fully saturated rings. The number of Topliss-reactive ketones (excluding diaryl/α,β-unsaturated/α-hetero) is 1. The van der Waals surface area contributed by atoms with Crippen LogP contribution in [0.4, 0.5) is 0 Å². The van der Waals surface area contributed by atoms with Gasteiger partial charge < -0.3 is 0 Å². The average Bonchev–Trinajstić information content (AvgIpc) is 1.67. The summed E-state index contributed by atoms with van der Waals surface area (Å²) in [7, 11) is 0. The van der Waals surface area contributed by atoms with E-state index in [9.17, 15) is 9.90 Å². The van der Waals surface area contributed by atoms with Crippen LogP contribution in [0, 0.1) is 0 Å². The monoisotopic (exact) mass is 115 g/mol. The van der Waals surface area contributed by atoms with Gasteiger partial charge in [0.1, 0.15) is 0 Å². The minimum atomic E-state index is -0.972. The fourth-order valence-electron chi connectivity index (χ4n) is 0.465. The maximum Gasteiger partial charge on any atom is 0.161 e. The Morgan fingerprint density at radius 2 is 2.12 bits per heavy atom. The summed E-state index contributed by atoms with van der Waals surface area (Å²) in [4.78, 5) is 10.2. The lowest BCUT2D eigenvalue weighted by molar-refractivity contribution is -0.128. The van der Waals surface area contributed by atoms with Crippen LogP contribution in [0.25, 0.3) is 0 Å². The first-order valence-electron chi connectivity index (χ1n) is 2.84. The molecule has 8 heavy (non-hydrogen) atoms. The van der Waals surface area contributed by atoms with Gasteiger partial charge in [-0.1, -0.05) is 13.3 Å². The number of ketones is 1. The maximum absolute atomic E-state index is 10.5. The third-order valence-electron chi connectivity index (χ3n) is 1.00. The molecule has 0 amide bonds. The molecule has 0 aliphatic rings. The van der Waals surface area contributed by atoms with Crippen LogP contribution in [-0.4, -0.2) is 11.9 Å². The zero-order valence-corrected chi connectivity index (χ0v) is 5.31. The van der Waals surface area contributed by atoms with Gasteiger partial charge in [-0.3, -0.25) is 4.79 Å². The SMILES string of the molecule is CCCC([O])C(C)=O. The summed E-state index contributed by atoms with van der Waals surface area (Å²) in [6.45, 7) is 3.24. The van der Waals surface area contributed by atoms with Crippen molar-refractivity contribution >= 4 is 5.78 Å². The van der Waals surface area contributed by atoms with Gasteiger partial charge in [-0.05, 0) is 13.3 Å². The van der Waals surface area contributed by atoms with E-state index in [1.165, 1.54) is 6.92 Å². The van der Waals surface area contributed by atoms with Gasteiger partial charge in [-0.2, -0.15) is 0 Å². The maximum atomic E-state index is 10.5. The lowest BCUT2D eigenvalue weighted by atomic mass is 10.1. The van der Waals surface area contributed by atoms with Gasteiger partial charge in [0.2, 0.25) is 0 Å². The van der Waals surface area contributed by atoms with E-state index in [0.717, 1.165) is 6.42 Å². The Bertz CT molecular complexity index is 78.6. The molecule has 1 atom stereocenters. The molecule has 0 aliphatic heterocycles. The average molecular weight is 115 g/mol. The van der Waals surface area contributed by atoms with Gasteiger partial charge >= 0.3 is 0 Å². The minimum Gasteiger partial charge on any atom is -0.297 e. The van der Waals surface area contributed by atoms with Crippen molar-refractivity contribution in [1.29, 1.82) is 0 Å². The molecular formula is C6H11O2. The lowest BCUT2D eigenvalue weighted by Gasteiger charge is -1.97. The van der Waals surface area contributed by atoms with Gasteiger partial charge in [0, 0.05) is 0 Å². The number of carbonyl (C=O) groups excluding carboxylic acids is 1. The molecule has 0 N–H and O–H groups in total. The second-order valence-electron chi connectivity index (χ2n) is 1.89. The van der Waals surface area contributed by atoms with Crippen molar-refractivity contribution in [1.82, 2.24) is 0 Å². The second-order valence-corrected chi connectivity index (χ2v) is 1.89. The second kappa shape index (κ2) is 3.61. The summed E-state index contributed by atoms with van der Waals surface area (Å²) in [5, 5.41) is 10.5. The summed E-state index contributed by atoms with van der Waals surface area (Å²) >= 11 is 0. The molecule has 0 aromatic rings. The van der Waals surface area contributed by atoms with Gasteiger partial charge in [0.05, 0.1) is 0 Å². The van der Waals surface area contributed by atoms with Crippen LogP contribution in [0.2, 0.25) is 0 Å². The lowest BCUT2D eigenvalue weighted by Crippen LogP contribution is -2.13. The predicted octanol–water partition coefficient (Wildman–Crippen LogP) is 1.17. The van der Waals surface area contributed by atoms with Gasteiger partial charge in [0.25, 0.3) is 0 Å². The van der Waals surface area contributed by atoms with E-state index in [0.29, 0.717) is 6.42 Å². The Morgan fingerprint density at radius 1 is 1.62 bits per heavy atom. The highest BCUT2D eigenvalue weighted by molar-refractivity contribution is 5.79. The summed E-state index contributed by atoms with van der Waals surface area (Å²) in [6, 6.07) is 0. The Labute approximate surface area is 49.5 Å².